The van der Waals surface area contributed by atoms with Crippen molar-refractivity contribution in [2.45, 2.75) is 0 Å². The van der Waals surface area contributed by atoms with Gasteiger partial charge in [-0.15, -0.1) is 0 Å². The fourth-order valence-corrected chi connectivity index (χ4v) is 8.85. The van der Waals surface area contributed by atoms with E-state index in [4.69, 9.17) is 9.47 Å². The van der Waals surface area contributed by atoms with Crippen molar-refractivity contribution in [3.63, 3.8) is 0 Å². The molecule has 0 aliphatic heterocycles. The van der Waals surface area contributed by atoms with Crippen molar-refractivity contribution < 1.29 is 9.47 Å². The first-order valence-corrected chi connectivity index (χ1v) is 21.7. The molecule has 10 aromatic rings. The molecule has 0 aromatic heterocycles. The lowest BCUT2D eigenvalue weighted by molar-refractivity contribution is 0.411. The number of fused-ring (bicyclic) bond motifs is 2. The van der Waals surface area contributed by atoms with E-state index >= 15 is 0 Å². The van der Waals surface area contributed by atoms with Gasteiger partial charge in [-0.2, -0.15) is 0 Å². The van der Waals surface area contributed by atoms with Crippen LogP contribution in [0.1, 0.15) is 33.4 Å². The van der Waals surface area contributed by atoms with Gasteiger partial charge in [0.2, 0.25) is 0 Å². The van der Waals surface area contributed by atoms with Crippen LogP contribution in [0.25, 0.3) is 78.2 Å². The second-order valence-corrected chi connectivity index (χ2v) is 16.0. The summed E-state index contributed by atoms with van der Waals surface area (Å²) in [7, 11) is 3.49. The maximum Gasteiger partial charge on any atom is 0.127 e. The van der Waals surface area contributed by atoms with Gasteiger partial charge >= 0.3 is 0 Å². The zero-order chi connectivity index (χ0) is 43.2. The molecule has 10 rings (SSSR count). The van der Waals surface area contributed by atoms with Gasteiger partial charge in [-0.05, 0) is 125 Å². The number of hydrogen-bond acceptors (Lipinski definition) is 2. The Morgan fingerprint density at radius 3 is 0.938 bits per heavy atom. The molecule has 0 saturated carbocycles. The molecule has 0 fully saturated rings. The molecule has 0 saturated heterocycles. The summed E-state index contributed by atoms with van der Waals surface area (Å²) in [6.45, 7) is 0. The first-order valence-electron chi connectivity index (χ1n) is 21.7. The van der Waals surface area contributed by atoms with Crippen molar-refractivity contribution in [3.8, 4) is 44.9 Å². The molecule has 0 atom stereocenters. The zero-order valence-corrected chi connectivity index (χ0v) is 35.9. The average Bonchev–Trinajstić information content (AvgIpc) is 3.37. The molecular formula is C62H46O2. The molecule has 64 heavy (non-hydrogen) atoms. The Hall–Kier alpha value is -8.20. The van der Waals surface area contributed by atoms with Crippen molar-refractivity contribution >= 4 is 44.8 Å². The Bertz CT molecular complexity index is 2970. The van der Waals surface area contributed by atoms with Crippen molar-refractivity contribution in [2.24, 2.45) is 0 Å². The summed E-state index contributed by atoms with van der Waals surface area (Å²) in [5.41, 5.74) is 16.1. The van der Waals surface area contributed by atoms with Crippen molar-refractivity contribution in [1.29, 1.82) is 0 Å². The molecule has 0 N–H and O–H groups in total. The summed E-state index contributed by atoms with van der Waals surface area (Å²) >= 11 is 0. The topological polar surface area (TPSA) is 18.5 Å². The first kappa shape index (κ1) is 39.9. The summed E-state index contributed by atoms with van der Waals surface area (Å²) < 4.78 is 12.2. The lowest BCUT2D eigenvalue weighted by atomic mass is 9.89. The second kappa shape index (κ2) is 18.0. The molecular weight excluding hydrogens is 777 g/mol. The Labute approximate surface area is 375 Å². The van der Waals surface area contributed by atoms with Gasteiger partial charge in [-0.25, -0.2) is 0 Å². The zero-order valence-electron chi connectivity index (χ0n) is 35.9. The summed E-state index contributed by atoms with van der Waals surface area (Å²) in [6, 6.07) is 81.9. The van der Waals surface area contributed by atoms with Crippen LogP contribution in [0.4, 0.5) is 0 Å². The minimum Gasteiger partial charge on any atom is -0.496 e. The van der Waals surface area contributed by atoms with E-state index in [0.29, 0.717) is 0 Å². The Kier molecular flexibility index (Phi) is 11.2. The van der Waals surface area contributed by atoms with E-state index in [9.17, 15) is 0 Å². The molecule has 0 heterocycles. The van der Waals surface area contributed by atoms with Crippen LogP contribution in [0, 0.1) is 0 Å². The fraction of sp³-hybridized carbons (Fsp3) is 0.0323. The van der Waals surface area contributed by atoms with Gasteiger partial charge in [0.25, 0.3) is 0 Å². The first-order chi connectivity index (χ1) is 31.6. The van der Waals surface area contributed by atoms with E-state index in [1.165, 1.54) is 33.4 Å². The molecule has 0 amide bonds. The number of hydrogen-bond donors (Lipinski definition) is 0. The lowest BCUT2D eigenvalue weighted by Gasteiger charge is -2.18. The Balaban J connectivity index is 0.982. The highest BCUT2D eigenvalue weighted by atomic mass is 16.5. The summed E-state index contributed by atoms with van der Waals surface area (Å²) in [6.07, 6.45) is 4.55. The van der Waals surface area contributed by atoms with E-state index in [2.05, 4.69) is 243 Å². The molecule has 0 bridgehead atoms. The molecule has 0 radical (unpaired) electrons. The third kappa shape index (κ3) is 8.13. The molecule has 2 nitrogen and oxygen atoms in total. The van der Waals surface area contributed by atoms with Crippen molar-refractivity contribution in [2.75, 3.05) is 14.2 Å². The molecule has 0 spiro atoms. The molecule has 0 aliphatic rings. The normalized spacial score (nSPS) is 11.0. The summed E-state index contributed by atoms with van der Waals surface area (Å²) in [5.74, 6) is 1.60. The van der Waals surface area contributed by atoms with Crippen LogP contribution in [-0.4, -0.2) is 14.2 Å². The largest absolute Gasteiger partial charge is 0.496 e. The smallest absolute Gasteiger partial charge is 0.127 e. The molecule has 2 heteroatoms. The van der Waals surface area contributed by atoms with E-state index in [1.807, 2.05) is 0 Å². The summed E-state index contributed by atoms with van der Waals surface area (Å²) in [4.78, 5) is 0. The van der Waals surface area contributed by atoms with E-state index < -0.39 is 0 Å². The fourth-order valence-electron chi connectivity index (χ4n) is 8.85. The van der Waals surface area contributed by atoms with Crippen molar-refractivity contribution in [1.82, 2.24) is 0 Å². The number of benzene rings is 10. The predicted molar refractivity (Wildman–Crippen MR) is 271 cm³/mol. The predicted octanol–water partition coefficient (Wildman–Crippen LogP) is 16.2. The highest BCUT2D eigenvalue weighted by molar-refractivity contribution is 6.11. The molecule has 10 aromatic carbocycles. The van der Waals surface area contributed by atoms with E-state index in [-0.39, 0.29) is 0 Å². The minimum absolute atomic E-state index is 0.799. The van der Waals surface area contributed by atoms with Crippen LogP contribution in [0.2, 0.25) is 0 Å². The van der Waals surface area contributed by atoms with Crippen LogP contribution < -0.4 is 9.47 Å². The van der Waals surface area contributed by atoms with Gasteiger partial charge in [0.15, 0.2) is 0 Å². The van der Waals surface area contributed by atoms with Gasteiger partial charge < -0.3 is 9.47 Å². The average molecular weight is 823 g/mol. The second-order valence-electron chi connectivity index (χ2n) is 16.0. The number of rotatable bonds is 11. The number of ether oxygens (including phenoxy) is 2. The van der Waals surface area contributed by atoms with Crippen molar-refractivity contribution in [3.05, 3.63) is 264 Å². The van der Waals surface area contributed by atoms with Gasteiger partial charge in [-0.3, -0.25) is 0 Å². The number of methoxy groups -OCH3 is 2. The van der Waals surface area contributed by atoms with E-state index in [1.54, 1.807) is 14.2 Å². The standard InChI is InChI=1S/C62H46O2/c1-63-59-37-33-53-41-51(45-27-23-43(24-28-45)39-57(47-15-7-3-8-16-47)48-17-9-4-10-18-48)31-35-55(53)61(59)62-56-36-32-52(42-54(56)34-38-60(62)64-2)46-29-25-44(26-30-46)40-58(49-19-11-5-12-20-49)50-21-13-6-14-22-50/h3-42H,1-2H3. The molecule has 0 unspecified atom stereocenters. The lowest BCUT2D eigenvalue weighted by Crippen LogP contribution is -1.95. The summed E-state index contributed by atoms with van der Waals surface area (Å²) in [5, 5.41) is 4.45. The van der Waals surface area contributed by atoms with Gasteiger partial charge in [-0.1, -0.05) is 206 Å². The molecule has 0 aliphatic carbocycles. The van der Waals surface area contributed by atoms with Gasteiger partial charge in [0.1, 0.15) is 11.5 Å². The maximum absolute atomic E-state index is 6.10. The Morgan fingerprint density at radius 2 is 0.625 bits per heavy atom. The van der Waals surface area contributed by atoms with E-state index in [0.717, 1.165) is 77.6 Å². The van der Waals surface area contributed by atoms with Crippen LogP contribution >= 0.6 is 0 Å². The highest BCUT2D eigenvalue weighted by Crippen LogP contribution is 2.46. The quantitative estimate of drug-likeness (QED) is 0.121. The van der Waals surface area contributed by atoms with Crippen LogP contribution in [-0.2, 0) is 0 Å². The SMILES string of the molecule is COc1ccc2cc(-c3ccc(C=C(c4ccccc4)c4ccccc4)cc3)ccc2c1-c1c(OC)ccc2cc(-c3ccc(C=C(c4ccccc4)c4ccccc4)cc3)ccc12. The maximum atomic E-state index is 6.10. The Morgan fingerprint density at radius 1 is 0.312 bits per heavy atom. The highest BCUT2D eigenvalue weighted by Gasteiger charge is 2.19. The third-order valence-corrected chi connectivity index (χ3v) is 12.1. The van der Waals surface area contributed by atoms with Gasteiger partial charge in [0, 0.05) is 11.1 Å². The third-order valence-electron chi connectivity index (χ3n) is 12.1. The molecule has 306 valence electrons. The van der Waals surface area contributed by atoms with Crippen LogP contribution in [0.5, 0.6) is 11.5 Å². The monoisotopic (exact) mass is 822 g/mol. The van der Waals surface area contributed by atoms with Gasteiger partial charge in [0.05, 0.1) is 14.2 Å². The van der Waals surface area contributed by atoms with Crippen LogP contribution in [0.3, 0.4) is 0 Å². The minimum atomic E-state index is 0.799. The van der Waals surface area contributed by atoms with Crippen LogP contribution in [0.15, 0.2) is 231 Å².